The largest absolute Gasteiger partial charge is 0.470 e. The number of anilines is 2. The minimum atomic E-state index is -4.69. The molecule has 1 aromatic carbocycles. The van der Waals surface area contributed by atoms with Crippen LogP contribution in [-0.4, -0.2) is 30.2 Å². The van der Waals surface area contributed by atoms with Crippen LogP contribution in [0.4, 0.5) is 24.5 Å². The fourth-order valence-electron chi connectivity index (χ4n) is 2.04. The lowest BCUT2D eigenvalue weighted by Crippen LogP contribution is -2.28. The summed E-state index contributed by atoms with van der Waals surface area (Å²) in [6.07, 6.45) is -4.73. The van der Waals surface area contributed by atoms with Gasteiger partial charge in [0.2, 0.25) is 11.8 Å². The average Bonchev–Trinajstić information content (AvgIpc) is 2.96. The van der Waals surface area contributed by atoms with E-state index in [1.54, 1.807) is 39.0 Å². The van der Waals surface area contributed by atoms with Crippen molar-refractivity contribution in [3.8, 4) is 0 Å². The molecule has 2 rings (SSSR count). The van der Waals surface area contributed by atoms with Crippen LogP contribution in [0.25, 0.3) is 0 Å². The molecule has 0 fully saturated rings. The van der Waals surface area contributed by atoms with Crippen molar-refractivity contribution in [2.75, 3.05) is 24.3 Å². The first-order valence-electron chi connectivity index (χ1n) is 7.89. The third-order valence-electron chi connectivity index (χ3n) is 3.59. The highest BCUT2D eigenvalue weighted by Gasteiger charge is 2.38. The predicted molar refractivity (Wildman–Crippen MR) is 91.0 cm³/mol. The van der Waals surface area contributed by atoms with E-state index in [0.29, 0.717) is 11.3 Å². The molecule has 1 N–H and O–H groups in total. The summed E-state index contributed by atoms with van der Waals surface area (Å²) in [4.78, 5) is 14.1. The number of rotatable bonds is 4. The molecule has 2 aromatic rings. The molecule has 0 saturated carbocycles. The van der Waals surface area contributed by atoms with Gasteiger partial charge in [-0.1, -0.05) is 20.8 Å². The Bertz CT molecular complexity index is 792. The summed E-state index contributed by atoms with van der Waals surface area (Å²) in [5, 5.41) is 9.29. The number of aromatic nitrogens is 2. The van der Waals surface area contributed by atoms with Gasteiger partial charge in [-0.25, -0.2) is 0 Å². The van der Waals surface area contributed by atoms with Crippen LogP contribution in [0.1, 0.15) is 38.1 Å². The highest BCUT2D eigenvalue weighted by atomic mass is 19.4. The predicted octanol–water partition coefficient (Wildman–Crippen LogP) is 3.73. The van der Waals surface area contributed by atoms with Crippen molar-refractivity contribution in [1.82, 2.24) is 10.2 Å². The van der Waals surface area contributed by atoms with Crippen LogP contribution in [0.2, 0.25) is 0 Å². The summed E-state index contributed by atoms with van der Waals surface area (Å²) in [7, 11) is 3.67. The second-order valence-electron chi connectivity index (χ2n) is 7.12. The zero-order valence-corrected chi connectivity index (χ0v) is 15.2. The van der Waals surface area contributed by atoms with Crippen molar-refractivity contribution in [3.05, 3.63) is 35.5 Å². The van der Waals surface area contributed by atoms with E-state index >= 15 is 0 Å². The van der Waals surface area contributed by atoms with E-state index in [2.05, 4.69) is 15.5 Å². The van der Waals surface area contributed by atoms with Gasteiger partial charge in [-0.15, -0.1) is 10.2 Å². The normalized spacial score (nSPS) is 12.2. The Kier molecular flexibility index (Phi) is 5.29. The van der Waals surface area contributed by atoms with Gasteiger partial charge in [0.15, 0.2) is 0 Å². The quantitative estimate of drug-likeness (QED) is 0.888. The molecule has 0 saturated heterocycles. The SMILES string of the molecule is CN(C)c1ccc(NC(=O)C(C)(C)C)c(Cc2nnc(C(F)(F)F)o2)c1. The topological polar surface area (TPSA) is 71.3 Å². The Morgan fingerprint density at radius 3 is 2.35 bits per heavy atom. The summed E-state index contributed by atoms with van der Waals surface area (Å²) in [6.45, 7) is 5.30. The summed E-state index contributed by atoms with van der Waals surface area (Å²) in [5.74, 6) is -1.78. The maximum atomic E-state index is 12.6. The van der Waals surface area contributed by atoms with Gasteiger partial charge >= 0.3 is 12.1 Å². The lowest BCUT2D eigenvalue weighted by atomic mass is 9.95. The number of hydrogen-bond donors (Lipinski definition) is 1. The van der Waals surface area contributed by atoms with Gasteiger partial charge < -0.3 is 14.6 Å². The molecule has 0 aliphatic carbocycles. The molecular weight excluding hydrogens is 349 g/mol. The molecule has 26 heavy (non-hydrogen) atoms. The average molecular weight is 370 g/mol. The third kappa shape index (κ3) is 4.74. The Balaban J connectivity index is 2.36. The first-order valence-corrected chi connectivity index (χ1v) is 7.89. The molecule has 0 aliphatic heterocycles. The molecule has 0 atom stereocenters. The number of carbonyl (C=O) groups is 1. The van der Waals surface area contributed by atoms with Gasteiger partial charge in [0.25, 0.3) is 0 Å². The van der Waals surface area contributed by atoms with Crippen molar-refractivity contribution in [2.24, 2.45) is 5.41 Å². The van der Waals surface area contributed by atoms with E-state index in [0.717, 1.165) is 5.69 Å². The standard InChI is InChI=1S/C17H21F3N4O2/c1-16(2,3)14(25)21-12-7-6-11(24(4)5)8-10(12)9-13-22-23-15(26-13)17(18,19)20/h6-8H,9H2,1-5H3,(H,21,25). The molecule has 1 amide bonds. The number of halogens is 3. The van der Waals surface area contributed by atoms with Crippen LogP contribution in [0.3, 0.4) is 0 Å². The van der Waals surface area contributed by atoms with Crippen LogP contribution in [-0.2, 0) is 17.4 Å². The van der Waals surface area contributed by atoms with E-state index in [1.807, 2.05) is 19.0 Å². The van der Waals surface area contributed by atoms with Gasteiger partial charge in [0, 0.05) is 30.9 Å². The lowest BCUT2D eigenvalue weighted by Gasteiger charge is -2.21. The third-order valence-corrected chi connectivity index (χ3v) is 3.59. The second-order valence-corrected chi connectivity index (χ2v) is 7.12. The summed E-state index contributed by atoms with van der Waals surface area (Å²) < 4.78 is 42.6. The van der Waals surface area contributed by atoms with Gasteiger partial charge in [-0.2, -0.15) is 13.2 Å². The lowest BCUT2D eigenvalue weighted by molar-refractivity contribution is -0.157. The van der Waals surface area contributed by atoms with Crippen LogP contribution in [0, 0.1) is 5.41 Å². The van der Waals surface area contributed by atoms with E-state index in [-0.39, 0.29) is 18.2 Å². The number of nitrogens with one attached hydrogen (secondary N) is 1. The van der Waals surface area contributed by atoms with Crippen molar-refractivity contribution in [3.63, 3.8) is 0 Å². The smallest absolute Gasteiger partial charge is 0.417 e. The van der Waals surface area contributed by atoms with E-state index in [1.165, 1.54) is 0 Å². The van der Waals surface area contributed by atoms with Crippen molar-refractivity contribution < 1.29 is 22.4 Å². The molecule has 0 bridgehead atoms. The monoisotopic (exact) mass is 370 g/mol. The number of benzene rings is 1. The zero-order chi connectivity index (χ0) is 19.7. The molecule has 0 radical (unpaired) electrons. The highest BCUT2D eigenvalue weighted by molar-refractivity contribution is 5.95. The fraction of sp³-hybridized carbons (Fsp3) is 0.471. The number of amides is 1. The Labute approximate surface area is 149 Å². The number of nitrogens with zero attached hydrogens (tertiary/aromatic N) is 3. The van der Waals surface area contributed by atoms with Gasteiger partial charge in [0.05, 0.1) is 6.42 Å². The summed E-state index contributed by atoms with van der Waals surface area (Å²) >= 11 is 0. The maximum absolute atomic E-state index is 12.6. The molecule has 142 valence electrons. The molecule has 6 nitrogen and oxygen atoms in total. The highest BCUT2D eigenvalue weighted by Crippen LogP contribution is 2.30. The minimum Gasteiger partial charge on any atom is -0.417 e. The van der Waals surface area contributed by atoms with Crippen LogP contribution in [0.15, 0.2) is 22.6 Å². The molecule has 0 spiro atoms. The van der Waals surface area contributed by atoms with Crippen molar-refractivity contribution >= 4 is 17.3 Å². The Morgan fingerprint density at radius 1 is 1.19 bits per heavy atom. The molecule has 0 aliphatic rings. The number of carbonyl (C=O) groups excluding carboxylic acids is 1. The summed E-state index contributed by atoms with van der Waals surface area (Å²) in [5.41, 5.74) is 1.27. The minimum absolute atomic E-state index is 0.0372. The number of alkyl halides is 3. The Morgan fingerprint density at radius 2 is 1.85 bits per heavy atom. The van der Waals surface area contributed by atoms with Crippen molar-refractivity contribution in [2.45, 2.75) is 33.4 Å². The first kappa shape index (κ1) is 19.7. The molecule has 9 heteroatoms. The fourth-order valence-corrected chi connectivity index (χ4v) is 2.04. The zero-order valence-electron chi connectivity index (χ0n) is 15.2. The number of hydrogen-bond acceptors (Lipinski definition) is 5. The summed E-state index contributed by atoms with van der Waals surface area (Å²) in [6, 6.07) is 5.27. The van der Waals surface area contributed by atoms with E-state index in [9.17, 15) is 18.0 Å². The first-order chi connectivity index (χ1) is 11.9. The van der Waals surface area contributed by atoms with Gasteiger partial charge in [-0.3, -0.25) is 4.79 Å². The van der Waals surface area contributed by atoms with Gasteiger partial charge in [-0.05, 0) is 23.8 Å². The van der Waals surface area contributed by atoms with Crippen molar-refractivity contribution in [1.29, 1.82) is 0 Å². The molecule has 1 heterocycles. The van der Waals surface area contributed by atoms with Crippen LogP contribution >= 0.6 is 0 Å². The maximum Gasteiger partial charge on any atom is 0.470 e. The Hall–Kier alpha value is -2.58. The van der Waals surface area contributed by atoms with E-state index < -0.39 is 17.5 Å². The molecule has 0 unspecified atom stereocenters. The van der Waals surface area contributed by atoms with E-state index in [4.69, 9.17) is 4.42 Å². The molecular formula is C17H21F3N4O2. The van der Waals surface area contributed by atoms with Crippen LogP contribution in [0.5, 0.6) is 0 Å². The molecule has 1 aromatic heterocycles. The van der Waals surface area contributed by atoms with Crippen LogP contribution < -0.4 is 10.2 Å². The second kappa shape index (κ2) is 6.97. The van der Waals surface area contributed by atoms with Gasteiger partial charge in [0.1, 0.15) is 0 Å².